The molecule has 26 heavy (non-hydrogen) atoms. The van der Waals surface area contributed by atoms with Crippen molar-refractivity contribution < 1.29 is 18.8 Å². The number of carbonyl (C=O) groups is 1. The van der Waals surface area contributed by atoms with E-state index in [0.29, 0.717) is 13.1 Å². The number of amides is 1. The maximum atomic E-state index is 11.7. The molecule has 1 aromatic heterocycles. The number of nitrogens with zero attached hydrogens (tertiary/aromatic N) is 3. The number of alkyl halides is 1. The molecule has 0 unspecified atom stereocenters. The first-order valence-corrected chi connectivity index (χ1v) is 9.43. The third kappa shape index (κ3) is 3.97. The minimum absolute atomic E-state index is 0.00793. The van der Waals surface area contributed by atoms with E-state index in [-0.39, 0.29) is 23.9 Å². The van der Waals surface area contributed by atoms with Gasteiger partial charge in [0.05, 0.1) is 17.7 Å². The largest absolute Gasteiger partial charge is 0.498 e. The van der Waals surface area contributed by atoms with Crippen molar-refractivity contribution in [2.24, 2.45) is 0 Å². The van der Waals surface area contributed by atoms with Crippen LogP contribution in [0, 0.1) is 0 Å². The van der Waals surface area contributed by atoms with Crippen LogP contribution in [0.5, 0.6) is 6.01 Å². The lowest BCUT2D eigenvalue weighted by Gasteiger charge is -2.32. The first-order chi connectivity index (χ1) is 12.2. The van der Waals surface area contributed by atoms with E-state index >= 15 is 0 Å². The fraction of sp³-hybridized carbons (Fsp3) is 0.706. The lowest BCUT2D eigenvalue weighted by molar-refractivity contribution is -0.131. The Hall–Kier alpha value is -1.38. The highest BCUT2D eigenvalue weighted by molar-refractivity contribution is 6.61. The second kappa shape index (κ2) is 7.33. The predicted molar refractivity (Wildman–Crippen MR) is 98.7 cm³/mol. The molecule has 1 aromatic rings. The van der Waals surface area contributed by atoms with Gasteiger partial charge in [-0.3, -0.25) is 4.79 Å². The molecular formula is C17H25BClN3O4. The predicted octanol–water partition coefficient (Wildman–Crippen LogP) is 1.38. The van der Waals surface area contributed by atoms with E-state index in [4.69, 9.17) is 25.6 Å². The average molecular weight is 382 g/mol. The monoisotopic (exact) mass is 381 g/mol. The van der Waals surface area contributed by atoms with Gasteiger partial charge in [-0.05, 0) is 40.5 Å². The molecule has 9 heteroatoms. The van der Waals surface area contributed by atoms with Gasteiger partial charge in [0.2, 0.25) is 5.91 Å². The summed E-state index contributed by atoms with van der Waals surface area (Å²) < 4.78 is 17.8. The molecule has 1 atom stereocenters. The van der Waals surface area contributed by atoms with Crippen LogP contribution in [0.25, 0.3) is 0 Å². The van der Waals surface area contributed by atoms with E-state index in [1.807, 2.05) is 27.7 Å². The summed E-state index contributed by atoms with van der Waals surface area (Å²) in [7, 11) is -0.499. The summed E-state index contributed by atoms with van der Waals surface area (Å²) in [6, 6.07) is 0.287. The molecule has 2 fully saturated rings. The van der Waals surface area contributed by atoms with Crippen LogP contribution in [-0.2, 0) is 14.1 Å². The number of halogens is 1. The van der Waals surface area contributed by atoms with Crippen molar-refractivity contribution >= 4 is 30.1 Å². The van der Waals surface area contributed by atoms with Crippen LogP contribution < -0.4 is 10.2 Å². The van der Waals surface area contributed by atoms with Gasteiger partial charge in [-0.2, -0.15) is 0 Å². The van der Waals surface area contributed by atoms with Gasteiger partial charge in [-0.25, -0.2) is 9.97 Å². The number of aromatic nitrogens is 2. The summed E-state index contributed by atoms with van der Waals surface area (Å²) in [5.74, 6) is -0.0802. The number of rotatable bonds is 4. The number of likely N-dealkylation sites (tertiary alicyclic amines) is 1. The molecule has 2 saturated heterocycles. The van der Waals surface area contributed by atoms with Gasteiger partial charge in [0.1, 0.15) is 12.0 Å². The van der Waals surface area contributed by atoms with E-state index in [1.54, 1.807) is 17.3 Å². The quantitative estimate of drug-likeness (QED) is 0.579. The van der Waals surface area contributed by atoms with Crippen molar-refractivity contribution in [1.82, 2.24) is 14.9 Å². The van der Waals surface area contributed by atoms with E-state index in [9.17, 15) is 4.79 Å². The number of hydrogen-bond acceptors (Lipinski definition) is 6. The summed E-state index contributed by atoms with van der Waals surface area (Å²) in [6.45, 7) is 9.23. The molecule has 0 spiro atoms. The summed E-state index contributed by atoms with van der Waals surface area (Å²) >= 11 is 5.63. The van der Waals surface area contributed by atoms with Crippen molar-refractivity contribution in [3.8, 4) is 6.01 Å². The second-order valence-electron chi connectivity index (χ2n) is 7.74. The van der Waals surface area contributed by atoms with Crippen molar-refractivity contribution in [3.05, 3.63) is 12.4 Å². The summed E-state index contributed by atoms with van der Waals surface area (Å²) in [6.07, 6.45) is 4.93. The first kappa shape index (κ1) is 19.4. The summed E-state index contributed by atoms with van der Waals surface area (Å²) in [5, 5.41) is 0. The minimum atomic E-state index is -0.499. The molecule has 3 rings (SSSR count). The van der Waals surface area contributed by atoms with E-state index in [2.05, 4.69) is 9.97 Å². The number of hydrogen-bond donors (Lipinski definition) is 0. The Balaban J connectivity index is 1.61. The van der Waals surface area contributed by atoms with Crippen LogP contribution in [0.2, 0.25) is 0 Å². The highest BCUT2D eigenvalue weighted by atomic mass is 35.5. The molecule has 1 amide bonds. The maximum absolute atomic E-state index is 11.7. The summed E-state index contributed by atoms with van der Waals surface area (Å²) in [4.78, 5) is 22.0. The van der Waals surface area contributed by atoms with Gasteiger partial charge in [0.15, 0.2) is 0 Å². The van der Waals surface area contributed by atoms with Gasteiger partial charge in [0.25, 0.3) is 0 Å². The Morgan fingerprint density at radius 3 is 2.50 bits per heavy atom. The van der Waals surface area contributed by atoms with Crippen LogP contribution in [-0.4, -0.2) is 64.2 Å². The molecule has 7 nitrogen and oxygen atoms in total. The average Bonchev–Trinajstić information content (AvgIpc) is 2.83. The van der Waals surface area contributed by atoms with E-state index < -0.39 is 18.3 Å². The van der Waals surface area contributed by atoms with Crippen molar-refractivity contribution in [3.63, 3.8) is 0 Å². The lowest BCUT2D eigenvalue weighted by Crippen LogP contribution is -2.45. The smallest absolute Gasteiger partial charge is 0.458 e. The highest BCUT2D eigenvalue weighted by Gasteiger charge is 2.52. The van der Waals surface area contributed by atoms with Gasteiger partial charge in [0, 0.05) is 24.4 Å². The molecule has 0 saturated carbocycles. The Morgan fingerprint density at radius 1 is 1.31 bits per heavy atom. The lowest BCUT2D eigenvalue weighted by atomic mass is 9.81. The summed E-state index contributed by atoms with van der Waals surface area (Å²) in [5.41, 5.74) is -0.0701. The third-order valence-corrected chi connectivity index (χ3v) is 5.52. The number of carbonyl (C=O) groups excluding carboxylic acids is 1. The number of piperidine rings is 1. The van der Waals surface area contributed by atoms with Crippen molar-refractivity contribution in [2.45, 2.75) is 57.8 Å². The standard InChI is InChI=1S/C17H25BClN3O4/c1-16(2)17(3,4)26-18(25-16)12-9-20-15(21-10-12)24-13-6-5-7-22(11-13)14(23)8-19/h9-10,13H,5-8,11H2,1-4H3/t13-/m1/s1. The van der Waals surface area contributed by atoms with Crippen molar-refractivity contribution in [2.75, 3.05) is 19.0 Å². The molecule has 2 aliphatic heterocycles. The Morgan fingerprint density at radius 2 is 1.92 bits per heavy atom. The van der Waals surface area contributed by atoms with Gasteiger partial charge in [-0.15, -0.1) is 11.6 Å². The second-order valence-corrected chi connectivity index (χ2v) is 8.01. The SMILES string of the molecule is CC1(C)OB(c2cnc(O[C@@H]3CCCN(C(=O)CCl)C3)nc2)OC1(C)C. The van der Waals surface area contributed by atoms with Crippen LogP contribution in [0.3, 0.4) is 0 Å². The zero-order valence-corrected chi connectivity index (χ0v) is 16.5. The van der Waals surface area contributed by atoms with Crippen LogP contribution in [0.4, 0.5) is 0 Å². The molecule has 2 aliphatic rings. The third-order valence-electron chi connectivity index (χ3n) is 5.29. The fourth-order valence-electron chi connectivity index (χ4n) is 2.98. The van der Waals surface area contributed by atoms with Crippen LogP contribution in [0.15, 0.2) is 12.4 Å². The number of ether oxygens (including phenoxy) is 1. The fourth-order valence-corrected chi connectivity index (χ4v) is 3.15. The van der Waals surface area contributed by atoms with Gasteiger partial charge in [-0.1, -0.05) is 0 Å². The van der Waals surface area contributed by atoms with E-state index in [0.717, 1.165) is 18.3 Å². The molecule has 0 aliphatic carbocycles. The van der Waals surface area contributed by atoms with Crippen molar-refractivity contribution in [1.29, 1.82) is 0 Å². The van der Waals surface area contributed by atoms with Gasteiger partial charge < -0.3 is 18.9 Å². The molecule has 3 heterocycles. The zero-order valence-electron chi connectivity index (χ0n) is 15.7. The zero-order chi connectivity index (χ0) is 18.9. The molecular weight excluding hydrogens is 356 g/mol. The molecule has 0 aromatic carbocycles. The highest BCUT2D eigenvalue weighted by Crippen LogP contribution is 2.36. The minimum Gasteiger partial charge on any atom is -0.458 e. The van der Waals surface area contributed by atoms with Gasteiger partial charge >= 0.3 is 13.1 Å². The van der Waals surface area contributed by atoms with Crippen LogP contribution in [0.1, 0.15) is 40.5 Å². The Bertz CT molecular complexity index is 640. The molecule has 0 N–H and O–H groups in total. The molecule has 0 radical (unpaired) electrons. The maximum Gasteiger partial charge on any atom is 0.498 e. The Kier molecular flexibility index (Phi) is 5.46. The molecule has 142 valence electrons. The van der Waals surface area contributed by atoms with E-state index in [1.165, 1.54) is 0 Å². The normalized spacial score (nSPS) is 24.6. The van der Waals surface area contributed by atoms with Crippen LogP contribution >= 0.6 is 11.6 Å². The topological polar surface area (TPSA) is 73.8 Å². The molecule has 0 bridgehead atoms. The Labute approximate surface area is 159 Å². The first-order valence-electron chi connectivity index (χ1n) is 8.90.